The average molecular weight is 321 g/mol. The van der Waals surface area contributed by atoms with Gasteiger partial charge in [0.2, 0.25) is 0 Å². The van der Waals surface area contributed by atoms with Gasteiger partial charge in [0.25, 0.3) is 5.91 Å². The van der Waals surface area contributed by atoms with E-state index < -0.39 is 0 Å². The molecule has 2 heterocycles. The number of hydrogen-bond acceptors (Lipinski definition) is 4. The standard InChI is InChI=1S/C13H13BrN4O/c1-3-10-9(7-8(2)17-18-10)13(19)16-11-5-4-6-15-12(11)14/h4-7H,3H2,1-2H3,(H,16,19). The fourth-order valence-electron chi connectivity index (χ4n) is 1.64. The van der Waals surface area contributed by atoms with E-state index in [1.165, 1.54) is 0 Å². The number of anilines is 1. The topological polar surface area (TPSA) is 67.8 Å². The predicted octanol–water partition coefficient (Wildman–Crippen LogP) is 2.76. The lowest BCUT2D eigenvalue weighted by molar-refractivity contribution is 0.102. The minimum atomic E-state index is -0.205. The fraction of sp³-hybridized carbons (Fsp3) is 0.231. The molecule has 0 unspecified atom stereocenters. The molecule has 0 spiro atoms. The van der Waals surface area contributed by atoms with Crippen LogP contribution in [0.4, 0.5) is 5.69 Å². The van der Waals surface area contributed by atoms with Crippen molar-refractivity contribution in [3.63, 3.8) is 0 Å². The van der Waals surface area contributed by atoms with Gasteiger partial charge in [-0.1, -0.05) is 6.92 Å². The van der Waals surface area contributed by atoms with Gasteiger partial charge in [0.05, 0.1) is 22.6 Å². The van der Waals surface area contributed by atoms with Crippen LogP contribution < -0.4 is 5.32 Å². The largest absolute Gasteiger partial charge is 0.320 e. The molecule has 0 saturated carbocycles. The summed E-state index contributed by atoms with van der Waals surface area (Å²) in [6.45, 7) is 3.75. The summed E-state index contributed by atoms with van der Waals surface area (Å²) in [6.07, 6.45) is 2.31. The molecule has 0 radical (unpaired) electrons. The number of rotatable bonds is 3. The lowest BCUT2D eigenvalue weighted by Crippen LogP contribution is -2.16. The summed E-state index contributed by atoms with van der Waals surface area (Å²) in [4.78, 5) is 16.3. The quantitative estimate of drug-likeness (QED) is 0.883. The number of hydrogen-bond donors (Lipinski definition) is 1. The Labute approximate surface area is 119 Å². The van der Waals surface area contributed by atoms with Gasteiger partial charge in [0, 0.05) is 6.20 Å². The maximum atomic E-state index is 12.3. The number of carbonyl (C=O) groups excluding carboxylic acids is 1. The van der Waals surface area contributed by atoms with E-state index in [9.17, 15) is 4.79 Å². The highest BCUT2D eigenvalue weighted by molar-refractivity contribution is 9.10. The molecule has 0 aromatic carbocycles. The van der Waals surface area contributed by atoms with Crippen molar-refractivity contribution in [2.45, 2.75) is 20.3 Å². The second kappa shape index (κ2) is 5.88. The van der Waals surface area contributed by atoms with Crippen molar-refractivity contribution in [1.29, 1.82) is 0 Å². The maximum Gasteiger partial charge on any atom is 0.257 e. The first kappa shape index (κ1) is 13.6. The van der Waals surface area contributed by atoms with Crippen LogP contribution >= 0.6 is 15.9 Å². The van der Waals surface area contributed by atoms with Crippen LogP contribution in [0.2, 0.25) is 0 Å². The summed E-state index contributed by atoms with van der Waals surface area (Å²) in [6, 6.07) is 5.28. The molecule has 6 heteroatoms. The Balaban J connectivity index is 2.30. The van der Waals surface area contributed by atoms with E-state index in [0.29, 0.717) is 33.7 Å². The van der Waals surface area contributed by atoms with E-state index in [2.05, 4.69) is 36.4 Å². The monoisotopic (exact) mass is 320 g/mol. The minimum absolute atomic E-state index is 0.205. The van der Waals surface area contributed by atoms with Gasteiger partial charge in [0.1, 0.15) is 4.60 Å². The van der Waals surface area contributed by atoms with E-state index in [-0.39, 0.29) is 5.91 Å². The van der Waals surface area contributed by atoms with Gasteiger partial charge in [-0.2, -0.15) is 10.2 Å². The Kier molecular flexibility index (Phi) is 4.21. The summed E-state index contributed by atoms with van der Waals surface area (Å²) in [5.74, 6) is -0.205. The van der Waals surface area contributed by atoms with Crippen LogP contribution in [0.1, 0.15) is 28.7 Å². The van der Waals surface area contributed by atoms with Crippen LogP contribution in [-0.2, 0) is 6.42 Å². The van der Waals surface area contributed by atoms with Gasteiger partial charge in [-0.25, -0.2) is 4.98 Å². The smallest absolute Gasteiger partial charge is 0.257 e. The normalized spacial score (nSPS) is 10.3. The third-order valence-corrected chi connectivity index (χ3v) is 3.21. The summed E-state index contributed by atoms with van der Waals surface area (Å²) < 4.78 is 0.597. The first-order valence-corrected chi connectivity index (χ1v) is 6.66. The second-order valence-corrected chi connectivity index (χ2v) is 4.75. The Morgan fingerprint density at radius 2 is 2.21 bits per heavy atom. The predicted molar refractivity (Wildman–Crippen MR) is 76.0 cm³/mol. The molecule has 0 bridgehead atoms. The third-order valence-electron chi connectivity index (χ3n) is 2.58. The molecule has 0 aliphatic rings. The van der Waals surface area contributed by atoms with Crippen LogP contribution in [0.5, 0.6) is 0 Å². The third kappa shape index (κ3) is 3.14. The zero-order valence-corrected chi connectivity index (χ0v) is 12.2. The molecule has 0 atom stereocenters. The number of halogens is 1. The highest BCUT2D eigenvalue weighted by Crippen LogP contribution is 2.19. The zero-order chi connectivity index (χ0) is 13.8. The summed E-state index contributed by atoms with van der Waals surface area (Å²) in [5.41, 5.74) is 2.57. The molecule has 2 rings (SSSR count). The van der Waals surface area contributed by atoms with Crippen LogP contribution in [-0.4, -0.2) is 21.1 Å². The first-order chi connectivity index (χ1) is 9.11. The van der Waals surface area contributed by atoms with Gasteiger partial charge in [-0.3, -0.25) is 4.79 Å². The molecule has 19 heavy (non-hydrogen) atoms. The maximum absolute atomic E-state index is 12.3. The molecular weight excluding hydrogens is 308 g/mol. The SMILES string of the molecule is CCc1nnc(C)cc1C(=O)Nc1cccnc1Br. The van der Waals surface area contributed by atoms with Crippen LogP contribution in [0, 0.1) is 6.92 Å². The number of aromatic nitrogens is 3. The molecule has 2 aromatic heterocycles. The number of pyridine rings is 1. The van der Waals surface area contributed by atoms with E-state index in [1.807, 2.05) is 13.8 Å². The van der Waals surface area contributed by atoms with Crippen LogP contribution in [0.15, 0.2) is 29.0 Å². The number of nitrogens with zero attached hydrogens (tertiary/aromatic N) is 3. The zero-order valence-electron chi connectivity index (χ0n) is 10.6. The van der Waals surface area contributed by atoms with Crippen molar-refractivity contribution in [2.75, 3.05) is 5.32 Å². The highest BCUT2D eigenvalue weighted by atomic mass is 79.9. The van der Waals surface area contributed by atoms with E-state index in [1.54, 1.807) is 24.4 Å². The molecule has 1 amide bonds. The Hall–Kier alpha value is -1.82. The molecular formula is C13H13BrN4O. The molecule has 0 saturated heterocycles. The summed E-state index contributed by atoms with van der Waals surface area (Å²) in [7, 11) is 0. The molecule has 1 N–H and O–H groups in total. The molecule has 2 aromatic rings. The van der Waals surface area contributed by atoms with Crippen molar-refractivity contribution >= 4 is 27.5 Å². The Morgan fingerprint density at radius 1 is 1.42 bits per heavy atom. The number of carbonyl (C=O) groups is 1. The summed E-state index contributed by atoms with van der Waals surface area (Å²) >= 11 is 3.29. The Morgan fingerprint density at radius 3 is 2.89 bits per heavy atom. The van der Waals surface area contributed by atoms with Crippen molar-refractivity contribution in [2.24, 2.45) is 0 Å². The average Bonchev–Trinajstić information content (AvgIpc) is 2.41. The van der Waals surface area contributed by atoms with Crippen molar-refractivity contribution in [3.8, 4) is 0 Å². The van der Waals surface area contributed by atoms with Gasteiger partial charge in [0.15, 0.2) is 0 Å². The Bertz CT molecular complexity index is 615. The van der Waals surface area contributed by atoms with Crippen molar-refractivity contribution in [1.82, 2.24) is 15.2 Å². The molecule has 5 nitrogen and oxygen atoms in total. The fourth-order valence-corrected chi connectivity index (χ4v) is 1.99. The van der Waals surface area contributed by atoms with E-state index in [4.69, 9.17) is 0 Å². The molecule has 98 valence electrons. The number of aryl methyl sites for hydroxylation is 2. The van der Waals surface area contributed by atoms with Gasteiger partial charge in [-0.05, 0) is 47.5 Å². The second-order valence-electron chi connectivity index (χ2n) is 4.00. The lowest BCUT2D eigenvalue weighted by Gasteiger charge is -2.09. The van der Waals surface area contributed by atoms with Crippen molar-refractivity contribution < 1.29 is 4.79 Å². The highest BCUT2D eigenvalue weighted by Gasteiger charge is 2.14. The summed E-state index contributed by atoms with van der Waals surface area (Å²) in [5, 5.41) is 10.8. The van der Waals surface area contributed by atoms with Crippen LogP contribution in [0.3, 0.4) is 0 Å². The van der Waals surface area contributed by atoms with E-state index in [0.717, 1.165) is 0 Å². The molecule has 0 aliphatic heterocycles. The van der Waals surface area contributed by atoms with Gasteiger partial charge in [-0.15, -0.1) is 0 Å². The van der Waals surface area contributed by atoms with Gasteiger partial charge >= 0.3 is 0 Å². The lowest BCUT2D eigenvalue weighted by atomic mass is 10.1. The number of amides is 1. The van der Waals surface area contributed by atoms with Crippen molar-refractivity contribution in [3.05, 3.63) is 46.0 Å². The molecule has 0 aliphatic carbocycles. The van der Waals surface area contributed by atoms with E-state index >= 15 is 0 Å². The molecule has 0 fully saturated rings. The minimum Gasteiger partial charge on any atom is -0.320 e. The van der Waals surface area contributed by atoms with Crippen LogP contribution in [0.25, 0.3) is 0 Å². The number of nitrogens with one attached hydrogen (secondary N) is 1. The first-order valence-electron chi connectivity index (χ1n) is 5.87. The van der Waals surface area contributed by atoms with Gasteiger partial charge < -0.3 is 5.32 Å².